The van der Waals surface area contributed by atoms with Crippen molar-refractivity contribution in [1.29, 1.82) is 0 Å². The van der Waals surface area contributed by atoms with E-state index in [9.17, 15) is 13.0 Å². The molecule has 0 aliphatic carbocycles. The van der Waals surface area contributed by atoms with Crippen molar-refractivity contribution in [3.8, 4) is 0 Å². The van der Waals surface area contributed by atoms with Gasteiger partial charge in [-0.3, -0.25) is 0 Å². The number of hydrogen-bond acceptors (Lipinski definition) is 5. The molecule has 0 saturated heterocycles. The maximum absolute atomic E-state index is 10.2. The molecule has 1 heterocycles. The van der Waals surface area contributed by atoms with Crippen LogP contribution in [0.25, 0.3) is 0 Å². The SMILES string of the molecule is O=S(=O)([O-])CCCOCCc1ccsc1.[Na+]. The normalized spacial score (nSPS) is 11.1. The molecule has 0 aliphatic heterocycles. The summed E-state index contributed by atoms with van der Waals surface area (Å²) >= 11 is 1.64. The summed E-state index contributed by atoms with van der Waals surface area (Å²) < 4.78 is 35.9. The zero-order chi connectivity index (χ0) is 11.1. The molecule has 0 fully saturated rings. The van der Waals surface area contributed by atoms with Crippen LogP contribution in [0.3, 0.4) is 0 Å². The van der Waals surface area contributed by atoms with Crippen molar-refractivity contribution >= 4 is 21.5 Å². The molecule has 7 heteroatoms. The molecule has 86 valence electrons. The van der Waals surface area contributed by atoms with Gasteiger partial charge in [-0.05, 0) is 35.2 Å². The van der Waals surface area contributed by atoms with Gasteiger partial charge in [0.15, 0.2) is 0 Å². The van der Waals surface area contributed by atoms with Gasteiger partial charge >= 0.3 is 29.6 Å². The van der Waals surface area contributed by atoms with Crippen LogP contribution in [-0.2, 0) is 21.3 Å². The molecule has 1 aromatic rings. The van der Waals surface area contributed by atoms with Crippen molar-refractivity contribution in [1.82, 2.24) is 0 Å². The van der Waals surface area contributed by atoms with Crippen LogP contribution < -0.4 is 29.6 Å². The van der Waals surface area contributed by atoms with Gasteiger partial charge in [0.05, 0.1) is 16.7 Å². The Labute approximate surface area is 122 Å². The monoisotopic (exact) mass is 272 g/mol. The average molecular weight is 272 g/mol. The first kappa shape index (κ1) is 16.6. The molecule has 16 heavy (non-hydrogen) atoms. The fourth-order valence-corrected chi connectivity index (χ4v) is 2.24. The second-order valence-electron chi connectivity index (χ2n) is 3.11. The Kier molecular flexibility index (Phi) is 8.94. The molecule has 0 N–H and O–H groups in total. The first-order valence-electron chi connectivity index (χ1n) is 4.60. The van der Waals surface area contributed by atoms with Crippen LogP contribution in [0, 0.1) is 0 Å². The van der Waals surface area contributed by atoms with Gasteiger partial charge in [0, 0.05) is 12.4 Å². The largest absolute Gasteiger partial charge is 1.00 e. The minimum atomic E-state index is -4.08. The van der Waals surface area contributed by atoms with Crippen molar-refractivity contribution < 1.29 is 47.3 Å². The fraction of sp³-hybridized carbons (Fsp3) is 0.556. The molecule has 0 aromatic carbocycles. The molecule has 0 bridgehead atoms. The Hall–Kier alpha value is 0.570. The smallest absolute Gasteiger partial charge is 0.748 e. The molecule has 1 aromatic heterocycles. The molecular formula is C9H13NaO4S2. The summed E-state index contributed by atoms with van der Waals surface area (Å²) in [5, 5.41) is 4.05. The quantitative estimate of drug-likeness (QED) is 0.335. The van der Waals surface area contributed by atoms with Crippen LogP contribution >= 0.6 is 11.3 Å². The molecule has 0 aliphatic rings. The Morgan fingerprint density at radius 1 is 1.38 bits per heavy atom. The first-order chi connectivity index (χ1) is 7.08. The maximum Gasteiger partial charge on any atom is 1.00 e. The molecule has 0 unspecified atom stereocenters. The predicted octanol–water partition coefficient (Wildman–Crippen LogP) is -1.75. The minimum absolute atomic E-state index is 0. The van der Waals surface area contributed by atoms with Gasteiger partial charge in [-0.2, -0.15) is 11.3 Å². The summed E-state index contributed by atoms with van der Waals surface area (Å²) in [4.78, 5) is 0. The second-order valence-corrected chi connectivity index (χ2v) is 5.41. The van der Waals surface area contributed by atoms with E-state index in [0.717, 1.165) is 6.42 Å². The zero-order valence-electron chi connectivity index (χ0n) is 9.22. The predicted molar refractivity (Wildman–Crippen MR) is 58.0 cm³/mol. The van der Waals surface area contributed by atoms with Gasteiger partial charge in [0.1, 0.15) is 0 Å². The summed E-state index contributed by atoms with van der Waals surface area (Å²) in [6.07, 6.45) is 1.10. The van der Waals surface area contributed by atoms with Crippen LogP contribution in [0.4, 0.5) is 0 Å². The molecule has 0 atom stereocenters. The Balaban J connectivity index is 0.00000225. The molecule has 0 radical (unpaired) electrons. The summed E-state index contributed by atoms with van der Waals surface area (Å²) in [6, 6.07) is 2.02. The van der Waals surface area contributed by atoms with Crippen LogP contribution in [0.15, 0.2) is 16.8 Å². The van der Waals surface area contributed by atoms with Gasteiger partial charge in [-0.25, -0.2) is 8.42 Å². The zero-order valence-corrected chi connectivity index (χ0v) is 12.9. The van der Waals surface area contributed by atoms with E-state index in [2.05, 4.69) is 0 Å². The minimum Gasteiger partial charge on any atom is -0.748 e. The van der Waals surface area contributed by atoms with Gasteiger partial charge < -0.3 is 9.29 Å². The Bertz CT molecular complexity index is 361. The van der Waals surface area contributed by atoms with Crippen LogP contribution in [0.1, 0.15) is 12.0 Å². The van der Waals surface area contributed by atoms with Crippen molar-refractivity contribution in [2.45, 2.75) is 12.8 Å². The van der Waals surface area contributed by atoms with Crippen LogP contribution in [0.2, 0.25) is 0 Å². The third-order valence-electron chi connectivity index (χ3n) is 1.80. The third kappa shape index (κ3) is 8.69. The topological polar surface area (TPSA) is 66.4 Å². The Morgan fingerprint density at radius 2 is 2.12 bits per heavy atom. The summed E-state index contributed by atoms with van der Waals surface area (Å²) in [7, 11) is -4.08. The third-order valence-corrected chi connectivity index (χ3v) is 3.32. The van der Waals surface area contributed by atoms with Crippen molar-refractivity contribution in [2.24, 2.45) is 0 Å². The average Bonchev–Trinajstić information content (AvgIpc) is 2.61. The molecule has 0 spiro atoms. The van der Waals surface area contributed by atoms with Gasteiger partial charge in [-0.1, -0.05) is 0 Å². The molecule has 1 rings (SSSR count). The summed E-state index contributed by atoms with van der Waals surface area (Å²) in [5.74, 6) is -0.342. The van der Waals surface area contributed by atoms with Crippen LogP contribution in [0.5, 0.6) is 0 Å². The molecule has 0 amide bonds. The van der Waals surface area contributed by atoms with Crippen molar-refractivity contribution in [3.63, 3.8) is 0 Å². The summed E-state index contributed by atoms with van der Waals surface area (Å²) in [6.45, 7) is 0.890. The molecular weight excluding hydrogens is 259 g/mol. The van der Waals surface area contributed by atoms with E-state index in [-0.39, 0.29) is 41.7 Å². The van der Waals surface area contributed by atoms with E-state index >= 15 is 0 Å². The van der Waals surface area contributed by atoms with E-state index in [1.54, 1.807) is 11.3 Å². The van der Waals surface area contributed by atoms with Gasteiger partial charge in [-0.15, -0.1) is 0 Å². The molecule has 0 saturated carbocycles. The van der Waals surface area contributed by atoms with E-state index in [4.69, 9.17) is 4.74 Å². The second kappa shape index (κ2) is 8.63. The number of thiophene rings is 1. The Morgan fingerprint density at radius 3 is 2.69 bits per heavy atom. The van der Waals surface area contributed by atoms with Crippen molar-refractivity contribution in [2.75, 3.05) is 19.0 Å². The van der Waals surface area contributed by atoms with E-state index < -0.39 is 10.1 Å². The van der Waals surface area contributed by atoms with E-state index in [1.165, 1.54) is 5.56 Å². The van der Waals surface area contributed by atoms with Gasteiger partial charge in [0.2, 0.25) is 0 Å². The first-order valence-corrected chi connectivity index (χ1v) is 7.12. The molecule has 4 nitrogen and oxygen atoms in total. The van der Waals surface area contributed by atoms with E-state index in [0.29, 0.717) is 13.2 Å². The van der Waals surface area contributed by atoms with Crippen molar-refractivity contribution in [3.05, 3.63) is 22.4 Å². The van der Waals surface area contributed by atoms with E-state index in [1.807, 2.05) is 16.8 Å². The van der Waals surface area contributed by atoms with Gasteiger partial charge in [0.25, 0.3) is 0 Å². The summed E-state index contributed by atoms with van der Waals surface area (Å²) in [5.41, 5.74) is 1.22. The standard InChI is InChI=1S/C9H14O4S2.Na/c10-15(11,12)7-1-4-13-5-2-9-3-6-14-8-9;/h3,6,8H,1-2,4-5,7H2,(H,10,11,12);/q;+1/p-1. The fourth-order valence-electron chi connectivity index (χ4n) is 1.06. The number of ether oxygens (including phenoxy) is 1. The number of hydrogen-bond donors (Lipinski definition) is 0. The number of rotatable bonds is 7. The van der Waals surface area contributed by atoms with Crippen LogP contribution in [-0.4, -0.2) is 31.9 Å². The maximum atomic E-state index is 10.2.